The number of hydrogen-bond acceptors (Lipinski definition) is 8. The van der Waals surface area contributed by atoms with E-state index in [0.29, 0.717) is 12.8 Å². The average Bonchev–Trinajstić information content (AvgIpc) is 3.02. The fourth-order valence-corrected chi connectivity index (χ4v) is 5.31. The van der Waals surface area contributed by atoms with Gasteiger partial charge in [-0.3, -0.25) is 29.3 Å². The maximum Gasteiger partial charge on any atom is 0.408 e. The molecule has 0 unspecified atom stereocenters. The Morgan fingerprint density at radius 3 is 1.76 bits per heavy atom. The van der Waals surface area contributed by atoms with Crippen molar-refractivity contribution in [2.75, 3.05) is 13.6 Å². The molecular formula is C37H54N6O8. The first-order chi connectivity index (χ1) is 23.7. The molecule has 0 aromatic heterocycles. The molecule has 14 heteroatoms. The number of amides is 5. The quantitative estimate of drug-likeness (QED) is 0.115. The van der Waals surface area contributed by atoms with Gasteiger partial charge in [0.2, 0.25) is 30.2 Å². The van der Waals surface area contributed by atoms with Gasteiger partial charge in [-0.1, -0.05) is 60.7 Å². The lowest BCUT2D eigenvalue weighted by Crippen LogP contribution is -2.60. The van der Waals surface area contributed by atoms with Gasteiger partial charge < -0.3 is 31.3 Å². The molecule has 0 aliphatic rings. The molecular weight excluding hydrogens is 656 g/mol. The molecule has 280 valence electrons. The number of alkyl carbamates (subject to hydrolysis) is 1. The van der Waals surface area contributed by atoms with E-state index in [4.69, 9.17) is 4.74 Å². The van der Waals surface area contributed by atoms with Gasteiger partial charge in [-0.2, -0.15) is 0 Å². The highest BCUT2D eigenvalue weighted by molar-refractivity contribution is 5.91. The lowest BCUT2D eigenvalue weighted by Gasteiger charge is -2.32. The average molecular weight is 711 g/mol. The van der Waals surface area contributed by atoms with Crippen LogP contribution in [-0.4, -0.2) is 77.0 Å². The molecule has 2 rings (SSSR count). The number of nitrogens with one attached hydrogen (secondary N) is 5. The van der Waals surface area contributed by atoms with E-state index in [-0.39, 0.29) is 25.2 Å². The van der Waals surface area contributed by atoms with Crippen LogP contribution in [0.5, 0.6) is 0 Å². The second-order valence-electron chi connectivity index (χ2n) is 14.7. The number of carbonyl (C=O) groups is 5. The predicted octanol–water partition coefficient (Wildman–Crippen LogP) is 3.45. The third-order valence-corrected chi connectivity index (χ3v) is 8.07. The Kier molecular flexibility index (Phi) is 15.6. The van der Waals surface area contributed by atoms with Crippen LogP contribution in [-0.2, 0) is 36.8 Å². The Bertz CT molecular complexity index is 1490. The summed E-state index contributed by atoms with van der Waals surface area (Å²) in [7, 11) is 1.54. The van der Waals surface area contributed by atoms with Crippen LogP contribution in [0.25, 0.3) is 0 Å². The summed E-state index contributed by atoms with van der Waals surface area (Å²) in [6, 6.07) is 17.1. The summed E-state index contributed by atoms with van der Waals surface area (Å²) >= 11 is 0. The Balaban J connectivity index is 2.27. The van der Waals surface area contributed by atoms with Crippen LogP contribution in [0.1, 0.15) is 78.9 Å². The van der Waals surface area contributed by atoms with Crippen LogP contribution in [0.2, 0.25) is 0 Å². The summed E-state index contributed by atoms with van der Waals surface area (Å²) in [6.07, 6.45) is -0.0594. The van der Waals surface area contributed by atoms with Crippen LogP contribution in [0.15, 0.2) is 60.7 Å². The fraction of sp³-hybridized carbons (Fsp3) is 0.541. The third kappa shape index (κ3) is 15.6. The first-order valence-corrected chi connectivity index (χ1v) is 17.0. The largest absolute Gasteiger partial charge is 0.444 e. The maximum atomic E-state index is 13.6. The van der Waals surface area contributed by atoms with Crippen molar-refractivity contribution in [2.24, 2.45) is 5.92 Å². The molecule has 51 heavy (non-hydrogen) atoms. The van der Waals surface area contributed by atoms with E-state index in [1.807, 2.05) is 36.4 Å². The summed E-state index contributed by atoms with van der Waals surface area (Å²) in [6.45, 7) is 10.4. The molecule has 2 aromatic rings. The second kappa shape index (κ2) is 18.8. The molecule has 0 saturated carbocycles. The van der Waals surface area contributed by atoms with E-state index in [2.05, 4.69) is 26.6 Å². The van der Waals surface area contributed by atoms with Gasteiger partial charge in [0.25, 0.3) is 0 Å². The Labute approximate surface area is 300 Å². The molecule has 0 fully saturated rings. The number of nitrogens with zero attached hydrogens (tertiary/aromatic N) is 1. The van der Waals surface area contributed by atoms with Crippen LogP contribution >= 0.6 is 0 Å². The number of hydrogen-bond donors (Lipinski definition) is 5. The number of ether oxygens (including phenoxy) is 1. The van der Waals surface area contributed by atoms with Crippen molar-refractivity contribution >= 4 is 29.7 Å². The Hall–Kier alpha value is -5.01. The molecule has 5 N–H and O–H groups in total. The molecule has 2 aromatic carbocycles. The lowest BCUT2D eigenvalue weighted by molar-refractivity contribution is -0.488. The lowest BCUT2D eigenvalue weighted by atomic mass is 9.89. The molecule has 0 radical (unpaired) electrons. The van der Waals surface area contributed by atoms with E-state index in [9.17, 15) is 34.1 Å². The minimum absolute atomic E-state index is 0.150. The van der Waals surface area contributed by atoms with E-state index >= 15 is 0 Å². The van der Waals surface area contributed by atoms with Gasteiger partial charge in [0.05, 0.1) is 5.92 Å². The molecule has 3 atom stereocenters. The molecule has 0 aliphatic carbocycles. The van der Waals surface area contributed by atoms with E-state index in [1.165, 1.54) is 34.7 Å². The monoisotopic (exact) mass is 710 g/mol. The van der Waals surface area contributed by atoms with Gasteiger partial charge in [0, 0.05) is 36.9 Å². The summed E-state index contributed by atoms with van der Waals surface area (Å²) in [5.41, 5.74) is -2.01. The van der Waals surface area contributed by atoms with Crippen LogP contribution in [0.3, 0.4) is 0 Å². The van der Waals surface area contributed by atoms with Crippen molar-refractivity contribution in [3.8, 4) is 0 Å². The van der Waals surface area contributed by atoms with Crippen molar-refractivity contribution in [3.05, 3.63) is 81.9 Å². The standard InChI is InChI=1S/C37H54N6O8/c1-35(2,3)51-34(48)42-37(6,7)33(47)40-29(22-26-17-13-10-14-18-26)27(24-43(49)50)23-31(45)41-36(4,5)32(46)39-28(19-20-30(44)38-8)21-25-15-11-9-12-16-25/h9-18,27-29H,19-24H2,1-8H3,(H,38,44)(H,39,46)(H,40,47)(H,41,45)(H,42,48)/t27-,28-,29+/m1/s1. The zero-order chi connectivity index (χ0) is 38.4. The van der Waals surface area contributed by atoms with Crippen molar-refractivity contribution in [2.45, 2.75) is 109 Å². The highest BCUT2D eigenvalue weighted by Crippen LogP contribution is 2.19. The molecule has 0 aliphatic heterocycles. The van der Waals surface area contributed by atoms with Crippen molar-refractivity contribution in [3.63, 3.8) is 0 Å². The molecule has 0 heterocycles. The van der Waals surface area contributed by atoms with Gasteiger partial charge in [-0.15, -0.1) is 0 Å². The van der Waals surface area contributed by atoms with E-state index in [1.54, 1.807) is 45.0 Å². The highest BCUT2D eigenvalue weighted by atomic mass is 16.6. The van der Waals surface area contributed by atoms with Crippen LogP contribution < -0.4 is 26.6 Å². The zero-order valence-corrected chi connectivity index (χ0v) is 31.0. The first kappa shape index (κ1) is 42.2. The maximum absolute atomic E-state index is 13.6. The van der Waals surface area contributed by atoms with Crippen molar-refractivity contribution < 1.29 is 33.6 Å². The SMILES string of the molecule is CNC(=O)CC[C@H](Cc1ccccc1)NC(=O)C(C)(C)NC(=O)C[C@H](C[N+](=O)[O-])[C@H](Cc1ccccc1)NC(=O)C(C)(C)NC(=O)OC(C)(C)C. The number of carbonyl (C=O) groups excluding carboxylic acids is 5. The van der Waals surface area contributed by atoms with Crippen molar-refractivity contribution in [1.82, 2.24) is 26.6 Å². The van der Waals surface area contributed by atoms with Gasteiger partial charge in [0.1, 0.15) is 16.7 Å². The highest BCUT2D eigenvalue weighted by Gasteiger charge is 2.38. The Morgan fingerprint density at radius 1 is 0.745 bits per heavy atom. The molecule has 14 nitrogen and oxygen atoms in total. The minimum Gasteiger partial charge on any atom is -0.444 e. The third-order valence-electron chi connectivity index (χ3n) is 8.07. The van der Waals surface area contributed by atoms with E-state index in [0.717, 1.165) is 11.1 Å². The summed E-state index contributed by atoms with van der Waals surface area (Å²) in [5, 5.41) is 25.5. The van der Waals surface area contributed by atoms with Crippen LogP contribution in [0, 0.1) is 16.0 Å². The van der Waals surface area contributed by atoms with Gasteiger partial charge in [-0.25, -0.2) is 4.79 Å². The summed E-state index contributed by atoms with van der Waals surface area (Å²) < 4.78 is 5.30. The van der Waals surface area contributed by atoms with Gasteiger partial charge in [-0.05, 0) is 78.9 Å². The molecule has 0 saturated heterocycles. The van der Waals surface area contributed by atoms with Crippen LogP contribution in [0.4, 0.5) is 4.79 Å². The fourth-order valence-electron chi connectivity index (χ4n) is 5.31. The smallest absolute Gasteiger partial charge is 0.408 e. The number of benzene rings is 2. The minimum atomic E-state index is -1.48. The van der Waals surface area contributed by atoms with Gasteiger partial charge >= 0.3 is 6.09 Å². The number of rotatable bonds is 18. The number of nitro groups is 1. The molecule has 0 bridgehead atoms. The zero-order valence-electron chi connectivity index (χ0n) is 31.0. The normalized spacial score (nSPS) is 13.5. The first-order valence-electron chi connectivity index (χ1n) is 17.0. The van der Waals surface area contributed by atoms with E-state index < -0.39 is 70.0 Å². The molecule has 5 amide bonds. The summed E-state index contributed by atoms with van der Waals surface area (Å²) in [5.74, 6) is -2.94. The van der Waals surface area contributed by atoms with Gasteiger partial charge in [0.15, 0.2) is 0 Å². The predicted molar refractivity (Wildman–Crippen MR) is 193 cm³/mol. The molecule has 0 spiro atoms. The summed E-state index contributed by atoms with van der Waals surface area (Å²) in [4.78, 5) is 76.5. The Morgan fingerprint density at radius 2 is 1.25 bits per heavy atom. The van der Waals surface area contributed by atoms with Crippen molar-refractivity contribution in [1.29, 1.82) is 0 Å². The second-order valence-corrected chi connectivity index (χ2v) is 14.7. The topological polar surface area (TPSA) is 198 Å².